The van der Waals surface area contributed by atoms with Crippen molar-refractivity contribution in [1.82, 2.24) is 5.01 Å². The second kappa shape index (κ2) is 9.30. The number of amides is 1. The molecule has 3 rings (SSSR count). The lowest BCUT2D eigenvalue weighted by atomic mass is 9.97. The van der Waals surface area contributed by atoms with Crippen molar-refractivity contribution in [1.29, 1.82) is 0 Å². The van der Waals surface area contributed by atoms with E-state index in [2.05, 4.69) is 5.10 Å². The first-order valence-corrected chi connectivity index (χ1v) is 9.43. The topological polar surface area (TPSA) is 100 Å². The number of ether oxygens (including phenoxy) is 3. The zero-order chi connectivity index (χ0) is 21.7. The lowest BCUT2D eigenvalue weighted by Gasteiger charge is -2.24. The summed E-state index contributed by atoms with van der Waals surface area (Å²) >= 11 is 0. The zero-order valence-corrected chi connectivity index (χ0v) is 17.1. The third-order valence-corrected chi connectivity index (χ3v) is 4.92. The molecular weight excluding hydrogens is 388 g/mol. The molecule has 0 N–H and O–H groups in total. The van der Waals surface area contributed by atoms with Gasteiger partial charge in [0, 0.05) is 24.4 Å². The zero-order valence-electron chi connectivity index (χ0n) is 17.1. The first-order valence-electron chi connectivity index (χ1n) is 9.43. The molecule has 1 atom stereocenters. The quantitative estimate of drug-likeness (QED) is 0.658. The molecule has 0 spiro atoms. The van der Waals surface area contributed by atoms with E-state index in [1.54, 1.807) is 20.3 Å². The van der Waals surface area contributed by atoms with Gasteiger partial charge in [0.05, 0.1) is 33.1 Å². The Labute approximate surface area is 174 Å². The van der Waals surface area contributed by atoms with E-state index in [-0.39, 0.29) is 12.8 Å². The van der Waals surface area contributed by atoms with E-state index in [0.717, 1.165) is 11.1 Å². The number of carbonyl (C=O) groups excluding carboxylic acids is 2. The fourth-order valence-corrected chi connectivity index (χ4v) is 3.44. The smallest absolute Gasteiger partial charge is 0.243 e. The average molecular weight is 411 g/mol. The summed E-state index contributed by atoms with van der Waals surface area (Å²) < 4.78 is 16.1. The number of aliphatic carboxylic acids is 1. The molecule has 0 radical (unpaired) electrons. The lowest BCUT2D eigenvalue weighted by molar-refractivity contribution is -0.305. The minimum atomic E-state index is -1.28. The van der Waals surface area contributed by atoms with E-state index in [9.17, 15) is 14.7 Å². The number of hydrogen-bond donors (Lipinski definition) is 0. The summed E-state index contributed by atoms with van der Waals surface area (Å²) in [7, 11) is 4.66. The number of para-hydroxylation sites is 1. The van der Waals surface area contributed by atoms with Crippen molar-refractivity contribution >= 4 is 17.6 Å². The minimum Gasteiger partial charge on any atom is -0.550 e. The van der Waals surface area contributed by atoms with Crippen molar-refractivity contribution < 1.29 is 28.9 Å². The number of rotatable bonds is 8. The molecule has 1 amide bonds. The van der Waals surface area contributed by atoms with Gasteiger partial charge in [0.1, 0.15) is 5.75 Å². The van der Waals surface area contributed by atoms with Crippen molar-refractivity contribution in [3.63, 3.8) is 0 Å². The molecule has 8 heteroatoms. The predicted molar refractivity (Wildman–Crippen MR) is 108 cm³/mol. The van der Waals surface area contributed by atoms with Gasteiger partial charge in [0.15, 0.2) is 11.5 Å². The Kier molecular flexibility index (Phi) is 6.56. The normalized spacial score (nSPS) is 15.5. The van der Waals surface area contributed by atoms with Crippen LogP contribution in [0.5, 0.6) is 17.2 Å². The van der Waals surface area contributed by atoms with E-state index in [4.69, 9.17) is 14.2 Å². The van der Waals surface area contributed by atoms with E-state index < -0.39 is 17.9 Å². The molecule has 0 unspecified atom stereocenters. The molecule has 1 aliphatic rings. The molecule has 8 nitrogen and oxygen atoms in total. The molecule has 2 aromatic carbocycles. The molecular formula is C22H23N2O6-. The molecule has 30 heavy (non-hydrogen) atoms. The molecule has 0 aliphatic carbocycles. The summed E-state index contributed by atoms with van der Waals surface area (Å²) in [5, 5.41) is 16.7. The van der Waals surface area contributed by atoms with Crippen molar-refractivity contribution in [3.8, 4) is 17.2 Å². The molecule has 0 saturated carbocycles. The second-order valence-electron chi connectivity index (χ2n) is 6.69. The summed E-state index contributed by atoms with van der Waals surface area (Å²) in [6, 6.07) is 12.3. The van der Waals surface area contributed by atoms with E-state index in [0.29, 0.717) is 29.4 Å². The molecule has 1 heterocycles. The number of hydrogen-bond acceptors (Lipinski definition) is 7. The van der Waals surface area contributed by atoms with Crippen LogP contribution in [0.4, 0.5) is 0 Å². The van der Waals surface area contributed by atoms with Gasteiger partial charge in [0.2, 0.25) is 5.91 Å². The SMILES string of the molecule is COc1ccc(C2=NN(C(=O)CCC(=O)[O-])[C@H](c3cccc(OC)c3OC)C2)cc1. The molecule has 2 aromatic rings. The summed E-state index contributed by atoms with van der Waals surface area (Å²) in [4.78, 5) is 23.6. The Morgan fingerprint density at radius 3 is 2.37 bits per heavy atom. The van der Waals surface area contributed by atoms with Crippen molar-refractivity contribution in [3.05, 3.63) is 53.6 Å². The first kappa shape index (κ1) is 21.2. The van der Waals surface area contributed by atoms with Crippen molar-refractivity contribution in [2.75, 3.05) is 21.3 Å². The van der Waals surface area contributed by atoms with Gasteiger partial charge in [-0.3, -0.25) is 4.79 Å². The average Bonchev–Trinajstić information content (AvgIpc) is 3.22. The van der Waals surface area contributed by atoms with Gasteiger partial charge in [-0.15, -0.1) is 0 Å². The third kappa shape index (κ3) is 4.37. The van der Waals surface area contributed by atoms with Crippen LogP contribution in [0.25, 0.3) is 0 Å². The first-order chi connectivity index (χ1) is 14.5. The third-order valence-electron chi connectivity index (χ3n) is 4.92. The minimum absolute atomic E-state index is 0.204. The summed E-state index contributed by atoms with van der Waals surface area (Å²) in [6.07, 6.45) is -0.137. The summed E-state index contributed by atoms with van der Waals surface area (Å²) in [5.41, 5.74) is 2.28. The Morgan fingerprint density at radius 2 is 1.77 bits per heavy atom. The largest absolute Gasteiger partial charge is 0.550 e. The van der Waals surface area contributed by atoms with Gasteiger partial charge in [0.25, 0.3) is 0 Å². The highest BCUT2D eigenvalue weighted by atomic mass is 16.5. The number of carboxylic acids is 1. The Balaban J connectivity index is 1.98. The highest BCUT2D eigenvalue weighted by Gasteiger charge is 2.35. The number of carboxylic acid groups (broad SMARTS) is 1. The van der Waals surface area contributed by atoms with Crippen molar-refractivity contribution in [2.24, 2.45) is 5.10 Å². The van der Waals surface area contributed by atoms with Gasteiger partial charge >= 0.3 is 0 Å². The molecule has 0 saturated heterocycles. The summed E-state index contributed by atoms with van der Waals surface area (Å²) in [6.45, 7) is 0. The molecule has 0 bridgehead atoms. The van der Waals surface area contributed by atoms with Gasteiger partial charge in [-0.05, 0) is 42.3 Å². The van der Waals surface area contributed by atoms with Gasteiger partial charge in [-0.2, -0.15) is 5.10 Å². The Bertz CT molecular complexity index is 955. The van der Waals surface area contributed by atoms with Crippen LogP contribution in [0.1, 0.15) is 36.4 Å². The van der Waals surface area contributed by atoms with Crippen LogP contribution in [0.2, 0.25) is 0 Å². The number of nitrogens with zero attached hydrogens (tertiary/aromatic N) is 2. The maximum Gasteiger partial charge on any atom is 0.243 e. The van der Waals surface area contributed by atoms with E-state index >= 15 is 0 Å². The molecule has 0 aromatic heterocycles. The molecule has 158 valence electrons. The van der Waals surface area contributed by atoms with E-state index in [1.165, 1.54) is 12.1 Å². The van der Waals surface area contributed by atoms with Crippen LogP contribution in [0.15, 0.2) is 47.6 Å². The number of benzene rings is 2. The maximum atomic E-state index is 12.8. The Hall–Kier alpha value is -3.55. The number of hydrazone groups is 1. The number of carbonyl (C=O) groups is 2. The van der Waals surface area contributed by atoms with Gasteiger partial charge in [-0.1, -0.05) is 12.1 Å². The standard InChI is InChI=1S/C22H24N2O6/c1-28-15-9-7-14(8-10-15)17-13-18(24(23-17)20(25)11-12-21(26)27)16-5-4-6-19(29-2)22(16)30-3/h4-10,18H,11-13H2,1-3H3,(H,26,27)/p-1/t18-/m0/s1. The van der Waals surface area contributed by atoms with Crippen LogP contribution < -0.4 is 19.3 Å². The summed E-state index contributed by atoms with van der Waals surface area (Å²) in [5.74, 6) is 0.0733. The van der Waals surface area contributed by atoms with Crippen LogP contribution in [-0.4, -0.2) is 43.9 Å². The van der Waals surface area contributed by atoms with Crippen LogP contribution in [0.3, 0.4) is 0 Å². The lowest BCUT2D eigenvalue weighted by Crippen LogP contribution is -2.30. The highest BCUT2D eigenvalue weighted by Crippen LogP contribution is 2.42. The molecule has 0 fully saturated rings. The molecule has 1 aliphatic heterocycles. The fourth-order valence-electron chi connectivity index (χ4n) is 3.44. The van der Waals surface area contributed by atoms with Crippen molar-refractivity contribution in [2.45, 2.75) is 25.3 Å². The van der Waals surface area contributed by atoms with Gasteiger partial charge in [-0.25, -0.2) is 5.01 Å². The maximum absolute atomic E-state index is 12.8. The van der Waals surface area contributed by atoms with Crippen LogP contribution >= 0.6 is 0 Å². The second-order valence-corrected chi connectivity index (χ2v) is 6.69. The van der Waals surface area contributed by atoms with Crippen LogP contribution in [0, 0.1) is 0 Å². The monoisotopic (exact) mass is 411 g/mol. The Morgan fingerprint density at radius 1 is 1.03 bits per heavy atom. The van der Waals surface area contributed by atoms with Gasteiger partial charge < -0.3 is 24.1 Å². The van der Waals surface area contributed by atoms with Crippen LogP contribution in [-0.2, 0) is 9.59 Å². The highest BCUT2D eigenvalue weighted by molar-refractivity contribution is 6.03. The fraction of sp³-hybridized carbons (Fsp3) is 0.318. The predicted octanol–water partition coefficient (Wildman–Crippen LogP) is 1.92. The van der Waals surface area contributed by atoms with E-state index in [1.807, 2.05) is 36.4 Å². The number of methoxy groups -OCH3 is 3.